The fourth-order valence-corrected chi connectivity index (χ4v) is 4.11. The summed E-state index contributed by atoms with van der Waals surface area (Å²) in [6.07, 6.45) is 1.64. The SMILES string of the molecule is CCN(CC)c1ccc(/C=N\NC(=O)CSc2nnc(-c3ccc(Cl)cc3)n2CC)cc1. The molecule has 2 aromatic carbocycles. The Bertz CT molecular complexity index is 1050. The number of amides is 1. The van der Waals surface area contributed by atoms with Gasteiger partial charge in [0, 0.05) is 35.9 Å². The van der Waals surface area contributed by atoms with E-state index in [1.807, 2.05) is 47.9 Å². The van der Waals surface area contributed by atoms with Gasteiger partial charge in [-0.25, -0.2) is 5.43 Å². The van der Waals surface area contributed by atoms with Gasteiger partial charge in [0.25, 0.3) is 5.91 Å². The number of carbonyl (C=O) groups is 1. The van der Waals surface area contributed by atoms with Crippen LogP contribution in [0.4, 0.5) is 5.69 Å². The van der Waals surface area contributed by atoms with Crippen LogP contribution in [0.1, 0.15) is 26.3 Å². The number of aromatic nitrogens is 3. The topological polar surface area (TPSA) is 75.4 Å². The summed E-state index contributed by atoms with van der Waals surface area (Å²) in [5.74, 6) is 0.736. The van der Waals surface area contributed by atoms with Crippen LogP contribution in [-0.2, 0) is 11.3 Å². The van der Waals surface area contributed by atoms with Gasteiger partial charge in [0.2, 0.25) is 0 Å². The predicted octanol–water partition coefficient (Wildman–Crippen LogP) is 4.71. The van der Waals surface area contributed by atoms with Crippen molar-refractivity contribution in [3.8, 4) is 11.4 Å². The van der Waals surface area contributed by atoms with Gasteiger partial charge in [0.05, 0.1) is 12.0 Å². The van der Waals surface area contributed by atoms with Crippen molar-refractivity contribution in [2.75, 3.05) is 23.7 Å². The maximum absolute atomic E-state index is 12.2. The van der Waals surface area contributed by atoms with Crippen LogP contribution in [-0.4, -0.2) is 45.7 Å². The molecule has 0 aliphatic carbocycles. The molecule has 0 atom stereocenters. The molecular formula is C23H27ClN6OS. The Hall–Kier alpha value is -2.84. The molecule has 1 N–H and O–H groups in total. The highest BCUT2D eigenvalue weighted by Crippen LogP contribution is 2.25. The lowest BCUT2D eigenvalue weighted by atomic mass is 10.2. The van der Waals surface area contributed by atoms with Gasteiger partial charge >= 0.3 is 0 Å². The minimum absolute atomic E-state index is 0.191. The van der Waals surface area contributed by atoms with Crippen molar-refractivity contribution < 1.29 is 4.79 Å². The highest BCUT2D eigenvalue weighted by Gasteiger charge is 2.14. The molecule has 0 unspecified atom stereocenters. The third-order valence-corrected chi connectivity index (χ3v) is 6.11. The van der Waals surface area contributed by atoms with E-state index in [2.05, 4.69) is 51.6 Å². The van der Waals surface area contributed by atoms with Crippen LogP contribution in [0.25, 0.3) is 11.4 Å². The molecule has 0 spiro atoms. The van der Waals surface area contributed by atoms with E-state index in [-0.39, 0.29) is 11.7 Å². The van der Waals surface area contributed by atoms with Gasteiger partial charge in [0.1, 0.15) is 0 Å². The number of halogens is 1. The fraction of sp³-hybridized carbons (Fsp3) is 0.304. The van der Waals surface area contributed by atoms with Crippen LogP contribution in [0.2, 0.25) is 5.02 Å². The number of hydrazone groups is 1. The molecule has 168 valence electrons. The van der Waals surface area contributed by atoms with Gasteiger partial charge in [-0.15, -0.1) is 10.2 Å². The van der Waals surface area contributed by atoms with Crippen LogP contribution in [0.3, 0.4) is 0 Å². The van der Waals surface area contributed by atoms with E-state index < -0.39 is 0 Å². The average molecular weight is 471 g/mol. The Balaban J connectivity index is 1.54. The molecule has 0 bridgehead atoms. The van der Waals surface area contributed by atoms with Crippen molar-refractivity contribution >= 4 is 41.2 Å². The van der Waals surface area contributed by atoms with Crippen LogP contribution in [0.15, 0.2) is 58.8 Å². The standard InChI is InChI=1S/C23H27ClN6OS/c1-4-29(5-2)20-13-7-17(8-14-20)15-25-26-21(31)16-32-23-28-27-22(30(23)6-3)18-9-11-19(24)12-10-18/h7-15H,4-6,16H2,1-3H3,(H,26,31)/b25-15-. The first-order valence-electron chi connectivity index (χ1n) is 10.5. The van der Waals surface area contributed by atoms with Crippen molar-refractivity contribution in [1.29, 1.82) is 0 Å². The Morgan fingerprint density at radius 2 is 1.78 bits per heavy atom. The maximum atomic E-state index is 12.2. The highest BCUT2D eigenvalue weighted by molar-refractivity contribution is 7.99. The number of anilines is 1. The summed E-state index contributed by atoms with van der Waals surface area (Å²) in [6.45, 7) is 8.90. The van der Waals surface area contributed by atoms with Crippen LogP contribution >= 0.6 is 23.4 Å². The smallest absolute Gasteiger partial charge is 0.250 e. The molecule has 32 heavy (non-hydrogen) atoms. The number of carbonyl (C=O) groups excluding carboxylic acids is 1. The maximum Gasteiger partial charge on any atom is 0.250 e. The van der Waals surface area contributed by atoms with E-state index >= 15 is 0 Å². The summed E-state index contributed by atoms with van der Waals surface area (Å²) in [5.41, 5.74) is 5.59. The zero-order valence-corrected chi connectivity index (χ0v) is 20.0. The van der Waals surface area contributed by atoms with Crippen molar-refractivity contribution in [2.45, 2.75) is 32.5 Å². The van der Waals surface area contributed by atoms with E-state index in [0.29, 0.717) is 16.7 Å². The molecule has 0 fully saturated rings. The second-order valence-electron chi connectivity index (χ2n) is 6.90. The summed E-state index contributed by atoms with van der Waals surface area (Å²) in [7, 11) is 0. The average Bonchev–Trinajstić information content (AvgIpc) is 3.23. The third kappa shape index (κ3) is 6.11. The number of nitrogens with zero attached hydrogens (tertiary/aromatic N) is 5. The summed E-state index contributed by atoms with van der Waals surface area (Å²) >= 11 is 7.30. The van der Waals surface area contributed by atoms with E-state index in [9.17, 15) is 4.79 Å². The van der Waals surface area contributed by atoms with Gasteiger partial charge in [-0.3, -0.25) is 4.79 Å². The molecule has 0 aliphatic rings. The Morgan fingerprint density at radius 1 is 1.09 bits per heavy atom. The first-order chi connectivity index (χ1) is 15.5. The lowest BCUT2D eigenvalue weighted by Crippen LogP contribution is -2.21. The van der Waals surface area contributed by atoms with Gasteiger partial charge in [-0.1, -0.05) is 35.5 Å². The molecular weight excluding hydrogens is 444 g/mol. The number of hydrogen-bond donors (Lipinski definition) is 1. The normalized spacial score (nSPS) is 11.1. The first-order valence-corrected chi connectivity index (χ1v) is 11.9. The second-order valence-corrected chi connectivity index (χ2v) is 8.28. The quantitative estimate of drug-likeness (QED) is 0.264. The molecule has 1 amide bonds. The summed E-state index contributed by atoms with van der Waals surface area (Å²) in [5, 5.41) is 13.9. The molecule has 0 saturated carbocycles. The highest BCUT2D eigenvalue weighted by atomic mass is 35.5. The van der Waals surface area contributed by atoms with Gasteiger partial charge < -0.3 is 9.47 Å². The Labute approximate surface area is 197 Å². The fourth-order valence-electron chi connectivity index (χ4n) is 3.19. The van der Waals surface area contributed by atoms with E-state index in [1.54, 1.807) is 6.21 Å². The number of hydrogen-bond acceptors (Lipinski definition) is 6. The van der Waals surface area contributed by atoms with Crippen molar-refractivity contribution in [2.24, 2.45) is 5.10 Å². The summed E-state index contributed by atoms with van der Waals surface area (Å²) in [4.78, 5) is 14.5. The Kier molecular flexibility index (Phi) is 8.70. The van der Waals surface area contributed by atoms with Gasteiger partial charge in [-0.2, -0.15) is 5.10 Å². The van der Waals surface area contributed by atoms with Crippen molar-refractivity contribution in [3.63, 3.8) is 0 Å². The second kappa shape index (κ2) is 11.7. The zero-order valence-electron chi connectivity index (χ0n) is 18.5. The molecule has 1 aromatic heterocycles. The van der Waals surface area contributed by atoms with E-state index in [1.165, 1.54) is 17.4 Å². The molecule has 1 heterocycles. The summed E-state index contributed by atoms with van der Waals surface area (Å²) in [6, 6.07) is 15.5. The van der Waals surface area contributed by atoms with Crippen molar-refractivity contribution in [3.05, 3.63) is 59.1 Å². The Morgan fingerprint density at radius 3 is 2.41 bits per heavy atom. The molecule has 3 rings (SSSR count). The van der Waals surface area contributed by atoms with Crippen LogP contribution < -0.4 is 10.3 Å². The zero-order chi connectivity index (χ0) is 22.9. The number of rotatable bonds is 10. The lowest BCUT2D eigenvalue weighted by Gasteiger charge is -2.20. The summed E-state index contributed by atoms with van der Waals surface area (Å²) < 4.78 is 1.97. The monoisotopic (exact) mass is 470 g/mol. The molecule has 0 radical (unpaired) electrons. The van der Waals surface area contributed by atoms with Crippen molar-refractivity contribution in [1.82, 2.24) is 20.2 Å². The number of nitrogens with one attached hydrogen (secondary N) is 1. The molecule has 0 saturated heterocycles. The molecule has 0 aliphatic heterocycles. The first kappa shape index (κ1) is 23.8. The largest absolute Gasteiger partial charge is 0.372 e. The lowest BCUT2D eigenvalue weighted by molar-refractivity contribution is -0.118. The molecule has 9 heteroatoms. The van der Waals surface area contributed by atoms with Crippen LogP contribution in [0.5, 0.6) is 0 Å². The minimum atomic E-state index is -0.204. The van der Waals surface area contributed by atoms with E-state index in [0.717, 1.165) is 30.0 Å². The minimum Gasteiger partial charge on any atom is -0.372 e. The van der Waals surface area contributed by atoms with Crippen LogP contribution in [0, 0.1) is 0 Å². The van der Waals surface area contributed by atoms with Gasteiger partial charge in [0.15, 0.2) is 11.0 Å². The predicted molar refractivity (Wildman–Crippen MR) is 133 cm³/mol. The number of thioether (sulfide) groups is 1. The van der Waals surface area contributed by atoms with E-state index in [4.69, 9.17) is 11.6 Å². The molecule has 3 aromatic rings. The molecule has 7 nitrogen and oxygen atoms in total. The number of benzene rings is 2. The third-order valence-electron chi connectivity index (χ3n) is 4.89. The van der Waals surface area contributed by atoms with Gasteiger partial charge in [-0.05, 0) is 62.7 Å².